The third-order valence-electron chi connectivity index (χ3n) is 3.23. The summed E-state index contributed by atoms with van der Waals surface area (Å²) in [4.78, 5) is 21.0. The molecule has 23 heavy (non-hydrogen) atoms. The molecule has 4 nitrogen and oxygen atoms in total. The van der Waals surface area contributed by atoms with Crippen LogP contribution in [0.4, 0.5) is 0 Å². The third-order valence-corrected chi connectivity index (χ3v) is 3.48. The Morgan fingerprint density at radius 2 is 1.78 bits per heavy atom. The number of para-hydroxylation sites is 2. The predicted octanol–water partition coefficient (Wildman–Crippen LogP) is 4.07. The molecule has 0 bridgehead atoms. The molecule has 0 unspecified atom stereocenters. The van der Waals surface area contributed by atoms with Crippen molar-refractivity contribution in [2.45, 2.75) is 0 Å². The molecule has 0 aliphatic heterocycles. The summed E-state index contributed by atoms with van der Waals surface area (Å²) in [6.45, 7) is 0. The molecule has 0 saturated heterocycles. The monoisotopic (exact) mass is 319 g/mol. The molecule has 1 aromatic heterocycles. The van der Waals surface area contributed by atoms with Crippen LogP contribution in [-0.4, -0.2) is 15.8 Å². The lowest BCUT2D eigenvalue weighted by Gasteiger charge is -2.01. The summed E-state index contributed by atoms with van der Waals surface area (Å²) in [5.74, 6) is -0.376. The first kappa shape index (κ1) is 14.9. The molecule has 3 aromatic rings. The first-order chi connectivity index (χ1) is 11.2. The fraction of sp³-hybridized carbons (Fsp3) is 0. The van der Waals surface area contributed by atoms with E-state index in [1.165, 1.54) is 12.3 Å². The highest BCUT2D eigenvalue weighted by Gasteiger charge is 2.12. The van der Waals surface area contributed by atoms with Crippen LogP contribution in [0, 0.1) is 11.3 Å². The quantitative estimate of drug-likeness (QED) is 0.414. The molecule has 0 N–H and O–H groups in total. The number of nitrogens with zero attached hydrogens (tertiary/aromatic N) is 3. The van der Waals surface area contributed by atoms with Crippen LogP contribution >= 0.6 is 11.6 Å². The van der Waals surface area contributed by atoms with Crippen molar-refractivity contribution in [3.63, 3.8) is 0 Å². The van der Waals surface area contributed by atoms with Crippen molar-refractivity contribution in [3.8, 4) is 6.07 Å². The number of benzene rings is 2. The second-order valence-electron chi connectivity index (χ2n) is 4.79. The normalized spacial score (nSPS) is 11.2. The second-order valence-corrected chi connectivity index (χ2v) is 5.23. The van der Waals surface area contributed by atoms with Crippen LogP contribution < -0.4 is 0 Å². The van der Waals surface area contributed by atoms with E-state index in [0.717, 1.165) is 5.52 Å². The molecule has 110 valence electrons. The molecule has 0 aliphatic rings. The van der Waals surface area contributed by atoms with E-state index in [0.29, 0.717) is 21.8 Å². The molecule has 0 saturated carbocycles. The van der Waals surface area contributed by atoms with Crippen molar-refractivity contribution < 1.29 is 4.79 Å². The molecular formula is C18H10ClN3O. The Labute approximate surface area is 137 Å². The number of carbonyl (C=O) groups is 1. The predicted molar refractivity (Wildman–Crippen MR) is 88.9 cm³/mol. The second kappa shape index (κ2) is 6.39. The number of rotatable bonds is 3. The van der Waals surface area contributed by atoms with Gasteiger partial charge in [0.15, 0.2) is 0 Å². The van der Waals surface area contributed by atoms with Gasteiger partial charge in [-0.05, 0) is 42.5 Å². The lowest BCUT2D eigenvalue weighted by Crippen LogP contribution is -2.02. The van der Waals surface area contributed by atoms with E-state index in [-0.39, 0.29) is 11.4 Å². The van der Waals surface area contributed by atoms with Gasteiger partial charge in [0.1, 0.15) is 11.6 Å². The van der Waals surface area contributed by atoms with Gasteiger partial charge in [0.05, 0.1) is 22.9 Å². The molecule has 5 heteroatoms. The van der Waals surface area contributed by atoms with Gasteiger partial charge >= 0.3 is 0 Å². The number of fused-ring (bicyclic) bond motifs is 1. The minimum atomic E-state index is -0.376. The molecule has 0 fully saturated rings. The molecule has 1 heterocycles. The maximum absolute atomic E-state index is 12.4. The Kier molecular flexibility index (Phi) is 4.13. The van der Waals surface area contributed by atoms with E-state index in [9.17, 15) is 10.1 Å². The van der Waals surface area contributed by atoms with Crippen LogP contribution in [0.1, 0.15) is 16.1 Å². The molecule has 0 radical (unpaired) electrons. The minimum Gasteiger partial charge on any atom is -0.288 e. The Bertz CT molecular complexity index is 956. The van der Waals surface area contributed by atoms with Crippen molar-refractivity contribution in [3.05, 3.63) is 76.6 Å². The number of hydrogen-bond acceptors (Lipinski definition) is 4. The molecule has 0 atom stereocenters. The van der Waals surface area contributed by atoms with Crippen LogP contribution in [0.25, 0.3) is 17.1 Å². The largest absolute Gasteiger partial charge is 0.288 e. The lowest BCUT2D eigenvalue weighted by atomic mass is 10.0. The minimum absolute atomic E-state index is 0.00287. The molecule has 0 amide bonds. The van der Waals surface area contributed by atoms with Gasteiger partial charge < -0.3 is 0 Å². The van der Waals surface area contributed by atoms with E-state index in [4.69, 9.17) is 11.6 Å². The SMILES string of the molecule is N#C/C(=C\c1cnc2ccccc2n1)C(=O)c1ccc(Cl)cc1. The fourth-order valence-electron chi connectivity index (χ4n) is 2.09. The van der Waals surface area contributed by atoms with Gasteiger partial charge in [0.2, 0.25) is 5.78 Å². The number of allylic oxidation sites excluding steroid dienone is 1. The van der Waals surface area contributed by atoms with E-state index in [1.54, 1.807) is 24.3 Å². The smallest absolute Gasteiger partial charge is 0.203 e. The highest BCUT2D eigenvalue weighted by Crippen LogP contribution is 2.16. The van der Waals surface area contributed by atoms with Crippen LogP contribution in [0.2, 0.25) is 5.02 Å². The molecule has 0 spiro atoms. The average molecular weight is 320 g/mol. The van der Waals surface area contributed by atoms with E-state index < -0.39 is 0 Å². The Morgan fingerprint density at radius 3 is 2.48 bits per heavy atom. The zero-order valence-electron chi connectivity index (χ0n) is 11.9. The van der Waals surface area contributed by atoms with E-state index in [2.05, 4.69) is 9.97 Å². The number of nitriles is 1. The van der Waals surface area contributed by atoms with Gasteiger partial charge in [-0.15, -0.1) is 0 Å². The highest BCUT2D eigenvalue weighted by atomic mass is 35.5. The summed E-state index contributed by atoms with van der Waals surface area (Å²) in [6, 6.07) is 15.7. The van der Waals surface area contributed by atoms with E-state index >= 15 is 0 Å². The first-order valence-electron chi connectivity index (χ1n) is 6.81. The first-order valence-corrected chi connectivity index (χ1v) is 7.19. The van der Waals surface area contributed by atoms with Crippen LogP contribution in [0.15, 0.2) is 60.3 Å². The Morgan fingerprint density at radius 1 is 1.09 bits per heavy atom. The lowest BCUT2D eigenvalue weighted by molar-refractivity contribution is 0.104. The van der Waals surface area contributed by atoms with Crippen molar-refractivity contribution >= 4 is 34.5 Å². The average Bonchev–Trinajstić information content (AvgIpc) is 2.59. The van der Waals surface area contributed by atoms with Gasteiger partial charge in [-0.1, -0.05) is 23.7 Å². The van der Waals surface area contributed by atoms with Crippen molar-refractivity contribution in [1.82, 2.24) is 9.97 Å². The number of ketones is 1. The van der Waals surface area contributed by atoms with Gasteiger partial charge in [-0.3, -0.25) is 9.78 Å². The summed E-state index contributed by atoms with van der Waals surface area (Å²) >= 11 is 5.81. The molecule has 2 aromatic carbocycles. The van der Waals surface area contributed by atoms with Crippen LogP contribution in [0.5, 0.6) is 0 Å². The molecule has 0 aliphatic carbocycles. The summed E-state index contributed by atoms with van der Waals surface area (Å²) in [5.41, 5.74) is 2.32. The van der Waals surface area contributed by atoms with Crippen LogP contribution in [-0.2, 0) is 0 Å². The van der Waals surface area contributed by atoms with Gasteiger partial charge in [0.25, 0.3) is 0 Å². The summed E-state index contributed by atoms with van der Waals surface area (Å²) < 4.78 is 0. The van der Waals surface area contributed by atoms with Gasteiger partial charge in [-0.2, -0.15) is 5.26 Å². The maximum Gasteiger partial charge on any atom is 0.203 e. The maximum atomic E-state index is 12.4. The van der Waals surface area contributed by atoms with Gasteiger partial charge in [0, 0.05) is 10.6 Å². The fourth-order valence-corrected chi connectivity index (χ4v) is 2.22. The van der Waals surface area contributed by atoms with E-state index in [1.807, 2.05) is 30.3 Å². The third kappa shape index (κ3) is 3.25. The molecular weight excluding hydrogens is 310 g/mol. The number of aromatic nitrogens is 2. The highest BCUT2D eigenvalue weighted by molar-refractivity contribution is 6.30. The zero-order chi connectivity index (χ0) is 16.2. The van der Waals surface area contributed by atoms with Crippen LogP contribution in [0.3, 0.4) is 0 Å². The Hall–Kier alpha value is -3.03. The summed E-state index contributed by atoms with van der Waals surface area (Å²) in [7, 11) is 0. The number of halogens is 1. The standard InChI is InChI=1S/C18H10ClN3O/c19-14-7-5-12(6-8-14)18(23)13(10-20)9-15-11-21-16-3-1-2-4-17(16)22-15/h1-9,11H/b13-9+. The Balaban J connectivity index is 1.98. The van der Waals surface area contributed by atoms with Gasteiger partial charge in [-0.25, -0.2) is 4.98 Å². The number of carbonyl (C=O) groups excluding carboxylic acids is 1. The van der Waals surface area contributed by atoms with Crippen molar-refractivity contribution in [2.75, 3.05) is 0 Å². The molecule has 3 rings (SSSR count). The summed E-state index contributed by atoms with van der Waals surface area (Å²) in [6.07, 6.45) is 2.98. The van der Waals surface area contributed by atoms with Crippen molar-refractivity contribution in [1.29, 1.82) is 5.26 Å². The topological polar surface area (TPSA) is 66.6 Å². The number of Topliss-reactive ketones (excluding diaryl/α,β-unsaturated/α-hetero) is 1. The number of hydrogen-bond donors (Lipinski definition) is 0. The zero-order valence-corrected chi connectivity index (χ0v) is 12.7. The van der Waals surface area contributed by atoms with Crippen molar-refractivity contribution in [2.24, 2.45) is 0 Å². The summed E-state index contributed by atoms with van der Waals surface area (Å²) in [5, 5.41) is 9.81.